The molecule has 1 aromatic rings. The second-order valence-electron chi connectivity index (χ2n) is 2.49. The second-order valence-corrected chi connectivity index (χ2v) is 2.49. The topological polar surface area (TPSA) is 136 Å². The van der Waals surface area contributed by atoms with Crippen molar-refractivity contribution >= 4 is 24.6 Å². The third-order valence-electron chi connectivity index (χ3n) is 1.17. The summed E-state index contributed by atoms with van der Waals surface area (Å²) in [6, 6.07) is 12.0. The van der Waals surface area contributed by atoms with E-state index in [9.17, 15) is 19.2 Å². The minimum absolute atomic E-state index is 1.90. The Hall–Kier alpha value is -3.10. The average molecular weight is 272 g/mol. The molecule has 0 aromatic heterocycles. The number of carbonyl (C=O) groups excluding carboxylic acids is 2. The van der Waals surface area contributed by atoms with Gasteiger partial charge in [0.05, 0.1) is 0 Å². The van der Waals surface area contributed by atoms with Crippen molar-refractivity contribution in [2.24, 2.45) is 0 Å². The van der Waals surface area contributed by atoms with Gasteiger partial charge in [0.25, 0.3) is 0 Å². The smallest absolute Gasteiger partial charge is 0.449 e. The third kappa shape index (κ3) is 11.2. The molecular formula is C10H8O9. The first-order valence-corrected chi connectivity index (χ1v) is 4.49. The lowest BCUT2D eigenvalue weighted by atomic mass is 10.4. The molecule has 2 N–H and O–H groups in total. The monoisotopic (exact) mass is 272 g/mol. The van der Waals surface area contributed by atoms with Gasteiger partial charge < -0.3 is 24.4 Å². The van der Waals surface area contributed by atoms with Crippen molar-refractivity contribution in [2.75, 3.05) is 0 Å². The van der Waals surface area contributed by atoms with E-state index in [1.165, 1.54) is 0 Å². The van der Waals surface area contributed by atoms with Crippen LogP contribution in [-0.2, 0) is 14.2 Å². The van der Waals surface area contributed by atoms with Crippen LogP contribution in [0.15, 0.2) is 36.4 Å². The highest BCUT2D eigenvalue weighted by atomic mass is 16.9. The van der Waals surface area contributed by atoms with Crippen LogP contribution in [0.2, 0.25) is 0 Å². The van der Waals surface area contributed by atoms with Crippen LogP contribution in [0.25, 0.3) is 0 Å². The van der Waals surface area contributed by atoms with Gasteiger partial charge in [-0.2, -0.15) is 0 Å². The Labute approximate surface area is 105 Å². The maximum Gasteiger partial charge on any atom is 0.528 e. The summed E-state index contributed by atoms with van der Waals surface area (Å²) in [5, 5.41) is 15.6. The predicted octanol–water partition coefficient (Wildman–Crippen LogP) is 2.32. The Kier molecular flexibility index (Phi) is 7.52. The van der Waals surface area contributed by atoms with Crippen molar-refractivity contribution in [2.45, 2.75) is 0 Å². The van der Waals surface area contributed by atoms with E-state index in [2.05, 4.69) is 14.2 Å². The average Bonchev–Trinajstić information content (AvgIpc) is 2.29. The number of carbonyl (C=O) groups is 4. The fourth-order valence-electron chi connectivity index (χ4n) is 0.637. The molecule has 0 aliphatic carbocycles. The maximum atomic E-state index is 10.1. The molecule has 9 heteroatoms. The molecule has 0 atom stereocenters. The summed E-state index contributed by atoms with van der Waals surface area (Å²) in [4.78, 5) is 39.5. The summed E-state index contributed by atoms with van der Waals surface area (Å²) in [7, 11) is 0. The first-order chi connectivity index (χ1) is 8.91. The molecule has 0 aliphatic rings. The van der Waals surface area contributed by atoms with E-state index in [1.807, 2.05) is 36.4 Å². The molecule has 0 aliphatic heterocycles. The molecule has 0 radical (unpaired) electrons. The minimum atomic E-state index is -2.01. The third-order valence-corrected chi connectivity index (χ3v) is 1.17. The van der Waals surface area contributed by atoms with Crippen LogP contribution < -0.4 is 0 Å². The molecule has 0 heterocycles. The Morgan fingerprint density at radius 3 is 1.05 bits per heavy atom. The van der Waals surface area contributed by atoms with Gasteiger partial charge in [-0.1, -0.05) is 36.4 Å². The molecule has 0 amide bonds. The first-order valence-electron chi connectivity index (χ1n) is 4.49. The highest BCUT2D eigenvalue weighted by molar-refractivity contribution is 5.86. The largest absolute Gasteiger partial charge is 0.528 e. The number of carboxylic acid groups (broad SMARTS) is 2. The van der Waals surface area contributed by atoms with Crippen LogP contribution in [0.3, 0.4) is 0 Å². The van der Waals surface area contributed by atoms with Crippen LogP contribution in [-0.4, -0.2) is 34.8 Å². The summed E-state index contributed by atoms with van der Waals surface area (Å²) < 4.78 is 9.92. The van der Waals surface area contributed by atoms with Gasteiger partial charge in [0.1, 0.15) is 0 Å². The van der Waals surface area contributed by atoms with Crippen molar-refractivity contribution in [3.63, 3.8) is 0 Å². The Bertz CT molecular complexity index is 387. The second kappa shape index (κ2) is 8.98. The summed E-state index contributed by atoms with van der Waals surface area (Å²) in [5.74, 6) is 0. The summed E-state index contributed by atoms with van der Waals surface area (Å²) >= 11 is 0. The van der Waals surface area contributed by atoms with Crippen LogP contribution >= 0.6 is 0 Å². The van der Waals surface area contributed by atoms with E-state index in [1.54, 1.807) is 0 Å². The fourth-order valence-corrected chi connectivity index (χ4v) is 0.637. The number of hydrogen-bond donors (Lipinski definition) is 2. The molecule has 102 valence electrons. The van der Waals surface area contributed by atoms with Gasteiger partial charge in [0.2, 0.25) is 0 Å². The van der Waals surface area contributed by atoms with Gasteiger partial charge in [-0.3, -0.25) is 0 Å². The lowest BCUT2D eigenvalue weighted by Gasteiger charge is -1.97. The highest BCUT2D eigenvalue weighted by Crippen LogP contribution is 1.91. The number of rotatable bonds is 0. The number of ether oxygens (including phenoxy) is 3. The van der Waals surface area contributed by atoms with E-state index in [0.717, 1.165) is 0 Å². The van der Waals surface area contributed by atoms with Gasteiger partial charge in [0, 0.05) is 0 Å². The molecule has 1 rings (SSSR count). The van der Waals surface area contributed by atoms with Crippen molar-refractivity contribution in [1.82, 2.24) is 0 Å². The van der Waals surface area contributed by atoms with Crippen molar-refractivity contribution < 1.29 is 43.6 Å². The van der Waals surface area contributed by atoms with Crippen molar-refractivity contribution in [3.05, 3.63) is 36.4 Å². The summed E-state index contributed by atoms with van der Waals surface area (Å²) in [6.07, 6.45) is -7.82. The van der Waals surface area contributed by atoms with Crippen molar-refractivity contribution in [3.8, 4) is 0 Å². The zero-order valence-electron chi connectivity index (χ0n) is 9.22. The minimum Gasteiger partial charge on any atom is -0.449 e. The number of benzene rings is 1. The zero-order valence-corrected chi connectivity index (χ0v) is 9.22. The maximum absolute atomic E-state index is 10.1. The lowest BCUT2D eigenvalue weighted by molar-refractivity contribution is 0.0415. The lowest BCUT2D eigenvalue weighted by Crippen LogP contribution is -2.19. The van der Waals surface area contributed by atoms with Crippen molar-refractivity contribution in [1.29, 1.82) is 0 Å². The van der Waals surface area contributed by atoms with Gasteiger partial charge in [-0.15, -0.1) is 0 Å². The van der Waals surface area contributed by atoms with E-state index in [0.29, 0.717) is 0 Å². The highest BCUT2D eigenvalue weighted by Gasteiger charge is 2.18. The van der Waals surface area contributed by atoms with Gasteiger partial charge in [0.15, 0.2) is 0 Å². The number of hydrogen-bond acceptors (Lipinski definition) is 7. The van der Waals surface area contributed by atoms with Gasteiger partial charge >= 0.3 is 24.6 Å². The van der Waals surface area contributed by atoms with Gasteiger partial charge in [-0.25, -0.2) is 19.2 Å². The molecule has 0 fully saturated rings. The normalized spacial score (nSPS) is 8.21. The first kappa shape index (κ1) is 15.9. The summed E-state index contributed by atoms with van der Waals surface area (Å²) in [5.41, 5.74) is 0. The van der Waals surface area contributed by atoms with Crippen LogP contribution in [0.4, 0.5) is 19.2 Å². The van der Waals surface area contributed by atoms with E-state index in [-0.39, 0.29) is 0 Å². The van der Waals surface area contributed by atoms with E-state index in [4.69, 9.17) is 10.2 Å². The van der Waals surface area contributed by atoms with E-state index < -0.39 is 24.6 Å². The van der Waals surface area contributed by atoms with Crippen LogP contribution in [0.1, 0.15) is 0 Å². The molecule has 9 nitrogen and oxygen atoms in total. The SMILES string of the molecule is O=C(O)OC(=O)OC(=O)OC(=O)O.c1ccccc1. The Balaban J connectivity index is 0.000000443. The molecule has 1 aromatic carbocycles. The van der Waals surface area contributed by atoms with E-state index >= 15 is 0 Å². The van der Waals surface area contributed by atoms with Crippen LogP contribution in [0.5, 0.6) is 0 Å². The van der Waals surface area contributed by atoms with Crippen LogP contribution in [0, 0.1) is 0 Å². The zero-order chi connectivity index (χ0) is 14.7. The molecule has 0 saturated carbocycles. The molecule has 0 spiro atoms. The summed E-state index contributed by atoms with van der Waals surface area (Å²) in [6.45, 7) is 0. The molecule has 0 bridgehead atoms. The standard InChI is InChI=1S/C6H6.C4H2O9/c1-2-4-6-5-3-1;5-1(6)11-3(9)13-4(10)12-2(7)8/h1-6H;(H,5,6)(H,7,8). The predicted molar refractivity (Wildman–Crippen MR) is 56.5 cm³/mol. The Morgan fingerprint density at radius 2 is 0.842 bits per heavy atom. The van der Waals surface area contributed by atoms with Gasteiger partial charge in [-0.05, 0) is 0 Å². The Morgan fingerprint density at radius 1 is 0.579 bits per heavy atom. The quantitative estimate of drug-likeness (QED) is 0.538. The molecule has 0 unspecified atom stereocenters. The molecule has 19 heavy (non-hydrogen) atoms. The molecular weight excluding hydrogens is 264 g/mol. The molecule has 0 saturated heterocycles. The fraction of sp³-hybridized carbons (Fsp3) is 0.